The minimum absolute atomic E-state index is 0.241. The number of hydrogen-bond acceptors (Lipinski definition) is 3. The molecule has 1 aromatic heterocycles. The molecule has 0 amide bonds. The molecule has 3 nitrogen and oxygen atoms in total. The fraction of sp³-hybridized carbons (Fsp3) is 0.714. The summed E-state index contributed by atoms with van der Waals surface area (Å²) in [6.07, 6.45) is 2.44. The maximum absolute atomic E-state index is 4.76. The Bertz CT molecular complexity index is 420. The van der Waals surface area contributed by atoms with Crippen LogP contribution in [-0.2, 0) is 5.41 Å². The highest BCUT2D eigenvalue weighted by atomic mass is 15.0. The lowest BCUT2D eigenvalue weighted by molar-refractivity contribution is 0.692. The number of hydrogen-bond donors (Lipinski definition) is 1. The van der Waals surface area contributed by atoms with Crippen molar-refractivity contribution in [1.82, 2.24) is 9.97 Å². The van der Waals surface area contributed by atoms with Gasteiger partial charge in [-0.25, -0.2) is 9.97 Å². The van der Waals surface area contributed by atoms with Gasteiger partial charge in [0.1, 0.15) is 11.6 Å². The van der Waals surface area contributed by atoms with Gasteiger partial charge in [0.2, 0.25) is 0 Å². The predicted octanol–water partition coefficient (Wildman–Crippen LogP) is 3.39. The summed E-state index contributed by atoms with van der Waals surface area (Å²) in [5, 5.41) is 3.39. The van der Waals surface area contributed by atoms with Crippen LogP contribution in [0.4, 0.5) is 5.82 Å². The van der Waals surface area contributed by atoms with E-state index in [1.165, 1.54) is 18.4 Å². The summed E-state index contributed by atoms with van der Waals surface area (Å²) >= 11 is 0. The maximum Gasteiger partial charge on any atom is 0.136 e. The molecule has 0 aliphatic heterocycles. The topological polar surface area (TPSA) is 37.8 Å². The van der Waals surface area contributed by atoms with E-state index in [1.54, 1.807) is 0 Å². The van der Waals surface area contributed by atoms with Gasteiger partial charge in [0, 0.05) is 23.2 Å². The minimum atomic E-state index is 0.241. The number of nitrogens with one attached hydrogen (secondary N) is 1. The van der Waals surface area contributed by atoms with Crippen molar-refractivity contribution in [3.8, 4) is 0 Å². The third kappa shape index (κ3) is 2.28. The zero-order valence-corrected chi connectivity index (χ0v) is 11.6. The van der Waals surface area contributed by atoms with E-state index in [-0.39, 0.29) is 5.41 Å². The number of aryl methyl sites for hydroxylation is 1. The molecule has 2 rings (SSSR count). The molecule has 1 heterocycles. The summed E-state index contributed by atoms with van der Waals surface area (Å²) in [5.41, 5.74) is 2.64. The van der Waals surface area contributed by atoms with Gasteiger partial charge >= 0.3 is 0 Å². The van der Waals surface area contributed by atoms with E-state index in [9.17, 15) is 0 Å². The smallest absolute Gasteiger partial charge is 0.136 e. The second kappa shape index (κ2) is 4.28. The van der Waals surface area contributed by atoms with E-state index >= 15 is 0 Å². The number of nitrogens with zero attached hydrogens (tertiary/aromatic N) is 2. The summed E-state index contributed by atoms with van der Waals surface area (Å²) in [7, 11) is 0. The van der Waals surface area contributed by atoms with E-state index < -0.39 is 0 Å². The Morgan fingerprint density at radius 2 is 1.94 bits per heavy atom. The van der Waals surface area contributed by atoms with Crippen molar-refractivity contribution in [2.24, 2.45) is 0 Å². The van der Waals surface area contributed by atoms with Crippen LogP contribution in [0.15, 0.2) is 0 Å². The first-order valence-corrected chi connectivity index (χ1v) is 6.61. The molecule has 94 valence electrons. The lowest BCUT2D eigenvalue weighted by Gasteiger charge is -2.18. The van der Waals surface area contributed by atoms with Gasteiger partial charge in [-0.15, -0.1) is 0 Å². The van der Waals surface area contributed by atoms with Gasteiger partial charge in [-0.1, -0.05) is 20.8 Å². The van der Waals surface area contributed by atoms with Crippen molar-refractivity contribution in [3.05, 3.63) is 17.1 Å². The van der Waals surface area contributed by atoms with Gasteiger partial charge in [0.05, 0.1) is 0 Å². The van der Waals surface area contributed by atoms with Gasteiger partial charge in [-0.2, -0.15) is 0 Å². The summed E-state index contributed by atoms with van der Waals surface area (Å²) in [6.45, 7) is 11.8. The number of anilines is 1. The molecule has 0 aromatic carbocycles. The standard InChI is InChI=1S/C14H23N3/c1-6-15-12-11(9(2)3)10(4)16-13(17-12)14(5)7-8-14/h9H,6-8H2,1-5H3,(H,15,16,17). The predicted molar refractivity (Wildman–Crippen MR) is 71.6 cm³/mol. The Balaban J connectivity index is 2.47. The van der Waals surface area contributed by atoms with Crippen LogP contribution in [0.1, 0.15) is 63.5 Å². The van der Waals surface area contributed by atoms with Crippen molar-refractivity contribution >= 4 is 5.82 Å². The van der Waals surface area contributed by atoms with Gasteiger partial charge in [-0.3, -0.25) is 0 Å². The average Bonchev–Trinajstić information content (AvgIpc) is 2.97. The van der Waals surface area contributed by atoms with Crippen LogP contribution in [0, 0.1) is 6.92 Å². The van der Waals surface area contributed by atoms with Crippen LogP contribution in [0.2, 0.25) is 0 Å². The first-order valence-electron chi connectivity index (χ1n) is 6.61. The number of rotatable bonds is 4. The minimum Gasteiger partial charge on any atom is -0.370 e. The van der Waals surface area contributed by atoms with E-state index in [2.05, 4.69) is 39.9 Å². The highest BCUT2D eigenvalue weighted by Crippen LogP contribution is 2.46. The molecule has 0 saturated heterocycles. The molecule has 1 N–H and O–H groups in total. The lowest BCUT2D eigenvalue weighted by atomic mass is 10.0. The molecule has 1 aromatic rings. The van der Waals surface area contributed by atoms with E-state index in [0.29, 0.717) is 5.92 Å². The molecule has 1 aliphatic rings. The second-order valence-electron chi connectivity index (χ2n) is 5.64. The van der Waals surface area contributed by atoms with Crippen molar-refractivity contribution in [2.45, 2.75) is 58.8 Å². The first kappa shape index (κ1) is 12.3. The summed E-state index contributed by atoms with van der Waals surface area (Å²) in [6, 6.07) is 0. The Hall–Kier alpha value is -1.12. The van der Waals surface area contributed by atoms with Crippen LogP contribution < -0.4 is 5.32 Å². The Morgan fingerprint density at radius 3 is 2.41 bits per heavy atom. The van der Waals surface area contributed by atoms with Crippen molar-refractivity contribution in [2.75, 3.05) is 11.9 Å². The van der Waals surface area contributed by atoms with Crippen LogP contribution in [0.5, 0.6) is 0 Å². The molecule has 1 aliphatic carbocycles. The highest BCUT2D eigenvalue weighted by Gasteiger charge is 2.42. The fourth-order valence-electron chi connectivity index (χ4n) is 2.26. The number of aromatic nitrogens is 2. The molecule has 0 atom stereocenters. The van der Waals surface area contributed by atoms with Crippen LogP contribution in [0.25, 0.3) is 0 Å². The molecular formula is C14H23N3. The highest BCUT2D eigenvalue weighted by molar-refractivity contribution is 5.49. The van der Waals surface area contributed by atoms with Crippen LogP contribution in [0.3, 0.4) is 0 Å². The summed E-state index contributed by atoms with van der Waals surface area (Å²) < 4.78 is 0. The summed E-state index contributed by atoms with van der Waals surface area (Å²) in [4.78, 5) is 9.48. The molecule has 1 fully saturated rings. The van der Waals surface area contributed by atoms with E-state index in [0.717, 1.165) is 23.9 Å². The molecule has 0 radical (unpaired) electrons. The normalized spacial score (nSPS) is 17.3. The molecule has 3 heteroatoms. The Labute approximate surface area is 104 Å². The Kier molecular flexibility index (Phi) is 3.11. The average molecular weight is 233 g/mol. The quantitative estimate of drug-likeness (QED) is 0.866. The van der Waals surface area contributed by atoms with Crippen molar-refractivity contribution < 1.29 is 0 Å². The molecular weight excluding hydrogens is 210 g/mol. The molecule has 17 heavy (non-hydrogen) atoms. The molecule has 0 unspecified atom stereocenters. The van der Waals surface area contributed by atoms with Crippen LogP contribution >= 0.6 is 0 Å². The van der Waals surface area contributed by atoms with Gasteiger partial charge < -0.3 is 5.32 Å². The zero-order valence-electron chi connectivity index (χ0n) is 11.6. The lowest BCUT2D eigenvalue weighted by Crippen LogP contribution is -2.15. The first-order chi connectivity index (χ1) is 7.98. The van der Waals surface area contributed by atoms with Gasteiger partial charge in [0.15, 0.2) is 0 Å². The van der Waals surface area contributed by atoms with Crippen molar-refractivity contribution in [3.63, 3.8) is 0 Å². The Morgan fingerprint density at radius 1 is 1.29 bits per heavy atom. The molecule has 0 bridgehead atoms. The maximum atomic E-state index is 4.76. The largest absolute Gasteiger partial charge is 0.370 e. The third-order valence-corrected chi connectivity index (χ3v) is 3.60. The molecule has 1 saturated carbocycles. The molecule has 0 spiro atoms. The monoisotopic (exact) mass is 233 g/mol. The fourth-order valence-corrected chi connectivity index (χ4v) is 2.26. The zero-order chi connectivity index (χ0) is 12.6. The third-order valence-electron chi connectivity index (χ3n) is 3.60. The second-order valence-corrected chi connectivity index (χ2v) is 5.64. The van der Waals surface area contributed by atoms with Crippen molar-refractivity contribution in [1.29, 1.82) is 0 Å². The summed E-state index contributed by atoms with van der Waals surface area (Å²) in [5.74, 6) is 2.53. The van der Waals surface area contributed by atoms with E-state index in [1.807, 2.05) is 0 Å². The SMILES string of the molecule is CCNc1nc(C2(C)CC2)nc(C)c1C(C)C. The van der Waals surface area contributed by atoms with E-state index in [4.69, 9.17) is 9.97 Å². The van der Waals surface area contributed by atoms with Gasteiger partial charge in [-0.05, 0) is 32.6 Å². The van der Waals surface area contributed by atoms with Gasteiger partial charge in [0.25, 0.3) is 0 Å². The van der Waals surface area contributed by atoms with Crippen LogP contribution in [-0.4, -0.2) is 16.5 Å².